The number of esters is 1. The Morgan fingerprint density at radius 2 is 1.66 bits per heavy atom. The summed E-state index contributed by atoms with van der Waals surface area (Å²) in [7, 11) is 0. The minimum absolute atomic E-state index is 0.0271. The number of alkyl carbamates (subject to hydrolysis) is 1. The van der Waals surface area contributed by atoms with E-state index in [-0.39, 0.29) is 19.1 Å². The smallest absolute Gasteiger partial charge is 0.407 e. The van der Waals surface area contributed by atoms with Gasteiger partial charge < -0.3 is 20.1 Å². The second-order valence-electron chi connectivity index (χ2n) is 11.0. The molecule has 41 heavy (non-hydrogen) atoms. The van der Waals surface area contributed by atoms with Crippen LogP contribution in [0.25, 0.3) is 10.8 Å². The van der Waals surface area contributed by atoms with Gasteiger partial charge in [-0.15, -0.1) is 0 Å². The first-order chi connectivity index (χ1) is 19.5. The number of nitrogens with one attached hydrogen (secondary N) is 2. The Labute approximate surface area is 240 Å². The Balaban J connectivity index is 1.48. The third-order valence-electron chi connectivity index (χ3n) is 6.43. The van der Waals surface area contributed by atoms with E-state index in [0.29, 0.717) is 16.8 Å². The van der Waals surface area contributed by atoms with Crippen molar-refractivity contribution in [3.05, 3.63) is 107 Å². The first-order valence-corrected chi connectivity index (χ1v) is 13.4. The van der Waals surface area contributed by atoms with Crippen LogP contribution in [0.1, 0.15) is 59.3 Å². The molecule has 0 radical (unpaired) electrons. The van der Waals surface area contributed by atoms with Gasteiger partial charge in [0, 0.05) is 30.0 Å². The summed E-state index contributed by atoms with van der Waals surface area (Å²) < 4.78 is 10.9. The molecule has 1 unspecified atom stereocenters. The lowest BCUT2D eigenvalue weighted by atomic mass is 9.96. The molecule has 3 aromatic carbocycles. The molecule has 2 N–H and O–H groups in total. The molecule has 0 spiro atoms. The Kier molecular flexibility index (Phi) is 9.02. The van der Waals surface area contributed by atoms with Crippen molar-refractivity contribution in [3.8, 4) is 0 Å². The fraction of sp³-hybridized carbons (Fsp3) is 0.273. The molecule has 1 aromatic heterocycles. The third-order valence-corrected chi connectivity index (χ3v) is 6.43. The van der Waals surface area contributed by atoms with E-state index >= 15 is 0 Å². The predicted molar refractivity (Wildman–Crippen MR) is 159 cm³/mol. The van der Waals surface area contributed by atoms with Crippen LogP contribution in [0, 0.1) is 13.8 Å². The summed E-state index contributed by atoms with van der Waals surface area (Å²) in [5.74, 6) is -1.39. The molecule has 0 aliphatic carbocycles. The number of hydrogen-bond acceptors (Lipinski definition) is 6. The van der Waals surface area contributed by atoms with Gasteiger partial charge in [0.15, 0.2) is 0 Å². The van der Waals surface area contributed by atoms with E-state index in [1.54, 1.807) is 63.5 Å². The highest BCUT2D eigenvalue weighted by molar-refractivity contribution is 5.98. The van der Waals surface area contributed by atoms with Crippen molar-refractivity contribution in [1.29, 1.82) is 0 Å². The summed E-state index contributed by atoms with van der Waals surface area (Å²) in [6, 6.07) is 20.3. The van der Waals surface area contributed by atoms with Crippen molar-refractivity contribution >= 4 is 34.4 Å². The number of fused-ring (bicyclic) bond motifs is 1. The summed E-state index contributed by atoms with van der Waals surface area (Å²) in [5, 5.41) is 7.59. The Bertz CT molecular complexity index is 1560. The van der Waals surface area contributed by atoms with E-state index in [2.05, 4.69) is 15.6 Å². The van der Waals surface area contributed by atoms with Crippen LogP contribution in [0.5, 0.6) is 0 Å². The van der Waals surface area contributed by atoms with Crippen LogP contribution in [0.3, 0.4) is 0 Å². The molecule has 0 aliphatic heterocycles. The van der Waals surface area contributed by atoms with Crippen LogP contribution in [0.4, 0.5) is 10.5 Å². The van der Waals surface area contributed by atoms with Crippen molar-refractivity contribution in [2.45, 2.75) is 52.7 Å². The molecule has 212 valence electrons. The van der Waals surface area contributed by atoms with Crippen LogP contribution in [0.2, 0.25) is 0 Å². The number of carbonyl (C=O) groups excluding carboxylic acids is 3. The number of hydrogen-bond donors (Lipinski definition) is 2. The highest BCUT2D eigenvalue weighted by atomic mass is 16.6. The van der Waals surface area contributed by atoms with Crippen molar-refractivity contribution < 1.29 is 23.9 Å². The van der Waals surface area contributed by atoms with Gasteiger partial charge in [-0.1, -0.05) is 48.0 Å². The topological polar surface area (TPSA) is 107 Å². The van der Waals surface area contributed by atoms with E-state index in [9.17, 15) is 14.4 Å². The normalized spacial score (nSPS) is 11.9. The number of aromatic nitrogens is 1. The highest BCUT2D eigenvalue weighted by Crippen LogP contribution is 2.23. The standard InChI is InChI=1S/C33H35N3O5/c1-21-6-13-28(22(2)16-21)31(38)40-20-23-7-9-24(10-8-23)29(19-35-32(39)41-33(3,4)5)30(37)36-27-12-11-26-18-34-15-14-25(26)17-27/h6-18,29H,19-20H2,1-5H3,(H,35,39)(H,36,37). The van der Waals surface area contributed by atoms with Crippen LogP contribution < -0.4 is 10.6 Å². The summed E-state index contributed by atoms with van der Waals surface area (Å²) in [5.41, 5.74) is 3.89. The zero-order valence-corrected chi connectivity index (χ0v) is 24.0. The van der Waals surface area contributed by atoms with Crippen LogP contribution >= 0.6 is 0 Å². The van der Waals surface area contributed by atoms with E-state index in [1.165, 1.54) is 0 Å². The van der Waals surface area contributed by atoms with Gasteiger partial charge in [-0.25, -0.2) is 9.59 Å². The zero-order chi connectivity index (χ0) is 29.6. The first-order valence-electron chi connectivity index (χ1n) is 13.4. The number of pyridine rings is 1. The number of benzene rings is 3. The predicted octanol–water partition coefficient (Wildman–Crippen LogP) is 6.46. The molecule has 8 nitrogen and oxygen atoms in total. The lowest BCUT2D eigenvalue weighted by Gasteiger charge is -2.22. The SMILES string of the molecule is Cc1ccc(C(=O)OCc2ccc(C(CNC(=O)OC(C)(C)C)C(=O)Nc3ccc4cnccc4c3)cc2)c(C)c1. The molecule has 4 aromatic rings. The van der Waals surface area contributed by atoms with E-state index in [4.69, 9.17) is 9.47 Å². The highest BCUT2D eigenvalue weighted by Gasteiger charge is 2.24. The van der Waals surface area contributed by atoms with Crippen LogP contribution in [-0.2, 0) is 20.9 Å². The van der Waals surface area contributed by atoms with Gasteiger partial charge in [0.2, 0.25) is 5.91 Å². The lowest BCUT2D eigenvalue weighted by molar-refractivity contribution is -0.117. The second kappa shape index (κ2) is 12.6. The number of carbonyl (C=O) groups is 3. The van der Waals surface area contributed by atoms with Crippen molar-refractivity contribution in [2.75, 3.05) is 11.9 Å². The number of ether oxygens (including phenoxy) is 2. The van der Waals surface area contributed by atoms with Gasteiger partial charge >= 0.3 is 12.1 Å². The molecule has 0 bridgehead atoms. The lowest BCUT2D eigenvalue weighted by Crippen LogP contribution is -2.37. The Morgan fingerprint density at radius 1 is 0.902 bits per heavy atom. The zero-order valence-electron chi connectivity index (χ0n) is 24.0. The van der Waals surface area contributed by atoms with Gasteiger partial charge in [-0.2, -0.15) is 0 Å². The molecular formula is C33H35N3O5. The van der Waals surface area contributed by atoms with E-state index in [0.717, 1.165) is 27.5 Å². The third kappa shape index (κ3) is 8.14. The maximum atomic E-state index is 13.5. The molecule has 0 saturated heterocycles. The fourth-order valence-electron chi connectivity index (χ4n) is 4.37. The summed E-state index contributed by atoms with van der Waals surface area (Å²) in [6.07, 6.45) is 2.85. The first kappa shape index (κ1) is 29.3. The average Bonchev–Trinajstić information content (AvgIpc) is 2.91. The number of anilines is 1. The summed E-state index contributed by atoms with van der Waals surface area (Å²) in [4.78, 5) is 42.5. The Hall–Kier alpha value is -4.72. The maximum absolute atomic E-state index is 13.5. The van der Waals surface area contributed by atoms with Gasteiger partial charge in [-0.3, -0.25) is 9.78 Å². The van der Waals surface area contributed by atoms with Crippen molar-refractivity contribution in [1.82, 2.24) is 10.3 Å². The molecule has 2 amide bonds. The molecule has 1 atom stereocenters. The minimum atomic E-state index is -0.706. The van der Waals surface area contributed by atoms with E-state index in [1.807, 2.05) is 50.2 Å². The van der Waals surface area contributed by atoms with Gasteiger partial charge in [0.25, 0.3) is 0 Å². The largest absolute Gasteiger partial charge is 0.457 e. The molecule has 0 aliphatic rings. The summed E-state index contributed by atoms with van der Waals surface area (Å²) >= 11 is 0. The molecule has 4 rings (SSSR count). The molecule has 1 heterocycles. The minimum Gasteiger partial charge on any atom is -0.457 e. The molecule has 8 heteroatoms. The van der Waals surface area contributed by atoms with Gasteiger partial charge in [0.05, 0.1) is 11.5 Å². The van der Waals surface area contributed by atoms with Crippen molar-refractivity contribution in [2.24, 2.45) is 0 Å². The van der Waals surface area contributed by atoms with Crippen molar-refractivity contribution in [3.63, 3.8) is 0 Å². The van der Waals surface area contributed by atoms with Crippen LogP contribution in [-0.4, -0.2) is 35.1 Å². The van der Waals surface area contributed by atoms with E-state index < -0.39 is 23.6 Å². The second-order valence-corrected chi connectivity index (χ2v) is 11.0. The number of aryl methyl sites for hydroxylation is 2. The quantitative estimate of drug-likeness (QED) is 0.243. The Morgan fingerprint density at radius 3 is 2.37 bits per heavy atom. The van der Waals surface area contributed by atoms with Gasteiger partial charge in [0.1, 0.15) is 12.2 Å². The molecule has 0 fully saturated rings. The number of rotatable bonds is 8. The van der Waals surface area contributed by atoms with Gasteiger partial charge in [-0.05, 0) is 81.0 Å². The monoisotopic (exact) mass is 553 g/mol. The molecule has 0 saturated carbocycles. The molecular weight excluding hydrogens is 518 g/mol. The summed E-state index contributed by atoms with van der Waals surface area (Å²) in [6.45, 7) is 9.29. The number of nitrogens with zero attached hydrogens (tertiary/aromatic N) is 1. The van der Waals surface area contributed by atoms with Crippen LogP contribution in [0.15, 0.2) is 79.1 Å². The average molecular weight is 554 g/mol. The maximum Gasteiger partial charge on any atom is 0.407 e. The fourth-order valence-corrected chi connectivity index (χ4v) is 4.37. The number of amides is 2.